The number of hydrogen-bond acceptors (Lipinski definition) is 4. The van der Waals surface area contributed by atoms with E-state index in [1.807, 2.05) is 37.3 Å². The Balaban J connectivity index is 1.89. The Morgan fingerprint density at radius 2 is 2.14 bits per heavy atom. The number of aromatic hydroxyl groups is 1. The monoisotopic (exact) mass is 286 g/mol. The van der Waals surface area contributed by atoms with Crippen LogP contribution < -0.4 is 5.32 Å². The van der Waals surface area contributed by atoms with Gasteiger partial charge in [0.15, 0.2) is 11.4 Å². The predicted octanol–water partition coefficient (Wildman–Crippen LogP) is 1.01. The number of rotatable bonds is 2. The summed E-state index contributed by atoms with van der Waals surface area (Å²) in [6.45, 7) is 4.12. The first-order chi connectivity index (χ1) is 10.2. The smallest absolute Gasteiger partial charge is 0.278 e. The molecule has 1 atom stereocenters. The minimum atomic E-state index is -0.226. The molecule has 1 aliphatic rings. The van der Waals surface area contributed by atoms with Crippen LogP contribution in [-0.2, 0) is 0 Å². The van der Waals surface area contributed by atoms with E-state index in [0.29, 0.717) is 6.54 Å². The van der Waals surface area contributed by atoms with E-state index in [1.54, 1.807) is 4.90 Å². The lowest BCUT2D eigenvalue weighted by Gasteiger charge is -2.33. The topological polar surface area (TPSA) is 70.4 Å². The van der Waals surface area contributed by atoms with E-state index < -0.39 is 0 Å². The van der Waals surface area contributed by atoms with Gasteiger partial charge in [-0.2, -0.15) is 5.10 Å². The van der Waals surface area contributed by atoms with E-state index in [0.717, 1.165) is 18.8 Å². The summed E-state index contributed by atoms with van der Waals surface area (Å²) in [6, 6.07) is 9.50. The molecule has 2 heterocycles. The lowest BCUT2D eigenvalue weighted by atomic mass is 10.2. The van der Waals surface area contributed by atoms with Crippen LogP contribution in [0.15, 0.2) is 36.5 Å². The highest BCUT2D eigenvalue weighted by Crippen LogP contribution is 2.21. The fourth-order valence-corrected chi connectivity index (χ4v) is 2.51. The summed E-state index contributed by atoms with van der Waals surface area (Å²) in [5.41, 5.74) is 0.910. The second-order valence-electron chi connectivity index (χ2n) is 5.19. The van der Waals surface area contributed by atoms with Crippen molar-refractivity contribution in [3.8, 4) is 11.4 Å². The molecule has 3 rings (SSSR count). The number of benzene rings is 1. The maximum absolute atomic E-state index is 12.5. The van der Waals surface area contributed by atoms with Gasteiger partial charge in [-0.1, -0.05) is 18.2 Å². The van der Waals surface area contributed by atoms with Crippen molar-refractivity contribution >= 4 is 5.91 Å². The molecule has 0 bridgehead atoms. The number of piperazine rings is 1. The normalized spacial score (nSPS) is 18.7. The highest BCUT2D eigenvalue weighted by atomic mass is 16.3. The first-order valence-electron chi connectivity index (χ1n) is 7.02. The summed E-state index contributed by atoms with van der Waals surface area (Å²) in [7, 11) is 0. The molecule has 1 aromatic heterocycles. The molecule has 0 saturated carbocycles. The van der Waals surface area contributed by atoms with Gasteiger partial charge in [0.1, 0.15) is 0 Å². The zero-order valence-electron chi connectivity index (χ0n) is 11.9. The Kier molecular flexibility index (Phi) is 3.62. The van der Waals surface area contributed by atoms with Crippen LogP contribution in [0.2, 0.25) is 0 Å². The maximum atomic E-state index is 12.5. The lowest BCUT2D eigenvalue weighted by molar-refractivity contribution is 0.0646. The Bertz CT molecular complexity index is 638. The van der Waals surface area contributed by atoms with Crippen molar-refractivity contribution in [1.29, 1.82) is 0 Å². The Morgan fingerprint density at radius 1 is 1.38 bits per heavy atom. The van der Waals surface area contributed by atoms with E-state index in [9.17, 15) is 9.90 Å². The molecule has 0 aliphatic carbocycles. The number of carbonyl (C=O) groups excluding carboxylic acids is 1. The van der Waals surface area contributed by atoms with Crippen LogP contribution >= 0.6 is 0 Å². The summed E-state index contributed by atoms with van der Waals surface area (Å²) in [5, 5.41) is 17.5. The highest BCUT2D eigenvalue weighted by molar-refractivity contribution is 5.95. The van der Waals surface area contributed by atoms with Gasteiger partial charge in [-0.3, -0.25) is 4.79 Å². The summed E-state index contributed by atoms with van der Waals surface area (Å²) >= 11 is 0. The Labute approximate surface area is 123 Å². The number of amides is 1. The molecule has 0 radical (unpaired) electrons. The zero-order chi connectivity index (χ0) is 14.8. The number of hydrogen-bond donors (Lipinski definition) is 2. The summed E-state index contributed by atoms with van der Waals surface area (Å²) < 4.78 is 1.52. The Hall–Kier alpha value is -2.34. The van der Waals surface area contributed by atoms with Crippen molar-refractivity contribution in [2.75, 3.05) is 19.6 Å². The minimum Gasteiger partial charge on any atom is -0.504 e. The van der Waals surface area contributed by atoms with Gasteiger partial charge in [-0.15, -0.1) is 0 Å². The quantitative estimate of drug-likeness (QED) is 0.864. The largest absolute Gasteiger partial charge is 0.504 e. The van der Waals surface area contributed by atoms with Gasteiger partial charge < -0.3 is 15.3 Å². The minimum absolute atomic E-state index is 0.0883. The second kappa shape index (κ2) is 5.57. The van der Waals surface area contributed by atoms with Crippen molar-refractivity contribution in [2.45, 2.75) is 13.0 Å². The molecule has 6 nitrogen and oxygen atoms in total. The molecule has 6 heteroatoms. The van der Waals surface area contributed by atoms with Gasteiger partial charge in [0, 0.05) is 25.7 Å². The fraction of sp³-hybridized carbons (Fsp3) is 0.333. The van der Waals surface area contributed by atoms with Crippen molar-refractivity contribution in [3.05, 3.63) is 42.2 Å². The van der Waals surface area contributed by atoms with Crippen molar-refractivity contribution in [1.82, 2.24) is 20.0 Å². The first kappa shape index (κ1) is 13.6. The van der Waals surface area contributed by atoms with E-state index in [4.69, 9.17) is 0 Å². The number of nitrogens with zero attached hydrogens (tertiary/aromatic N) is 3. The van der Waals surface area contributed by atoms with Crippen LogP contribution in [0.5, 0.6) is 5.75 Å². The molecule has 1 aliphatic heterocycles. The van der Waals surface area contributed by atoms with Gasteiger partial charge in [0.25, 0.3) is 5.91 Å². The SMILES string of the molecule is C[C@@H]1CNCCN1C(=O)c1nn(-c2ccccc2)cc1O. The lowest BCUT2D eigenvalue weighted by Crippen LogP contribution is -2.52. The van der Waals surface area contributed by atoms with Gasteiger partial charge in [-0.25, -0.2) is 4.68 Å². The molecule has 2 aromatic rings. The molecule has 0 unspecified atom stereocenters. The average Bonchev–Trinajstić information content (AvgIpc) is 2.90. The number of carbonyl (C=O) groups is 1. The number of aromatic nitrogens is 2. The number of para-hydroxylation sites is 1. The third-order valence-corrected chi connectivity index (χ3v) is 3.68. The zero-order valence-corrected chi connectivity index (χ0v) is 11.9. The highest BCUT2D eigenvalue weighted by Gasteiger charge is 2.28. The van der Waals surface area contributed by atoms with E-state index >= 15 is 0 Å². The van der Waals surface area contributed by atoms with Gasteiger partial charge in [0.05, 0.1) is 11.9 Å². The molecule has 2 N–H and O–H groups in total. The van der Waals surface area contributed by atoms with Crippen molar-refractivity contribution in [3.63, 3.8) is 0 Å². The molecular formula is C15H18N4O2. The summed E-state index contributed by atoms with van der Waals surface area (Å²) in [4.78, 5) is 14.3. The molecule has 1 saturated heterocycles. The summed E-state index contributed by atoms with van der Waals surface area (Å²) in [6.07, 6.45) is 1.47. The van der Waals surface area contributed by atoms with Gasteiger partial charge in [0.2, 0.25) is 0 Å². The molecule has 0 spiro atoms. The van der Waals surface area contributed by atoms with Crippen LogP contribution in [0.25, 0.3) is 5.69 Å². The standard InChI is InChI=1S/C15H18N4O2/c1-11-9-16-7-8-18(11)15(21)14-13(20)10-19(17-14)12-5-3-2-4-6-12/h2-6,10-11,16,20H,7-9H2,1H3/t11-/m1/s1. The van der Waals surface area contributed by atoms with E-state index in [2.05, 4.69) is 10.4 Å². The second-order valence-corrected chi connectivity index (χ2v) is 5.19. The van der Waals surface area contributed by atoms with Crippen LogP contribution in [0.3, 0.4) is 0 Å². The third kappa shape index (κ3) is 2.62. The van der Waals surface area contributed by atoms with Crippen molar-refractivity contribution < 1.29 is 9.90 Å². The first-order valence-corrected chi connectivity index (χ1v) is 7.02. The molecule has 110 valence electrons. The molecule has 1 fully saturated rings. The fourth-order valence-electron chi connectivity index (χ4n) is 2.51. The number of nitrogens with one attached hydrogen (secondary N) is 1. The summed E-state index contributed by atoms with van der Waals surface area (Å²) in [5.74, 6) is -0.314. The molecule has 21 heavy (non-hydrogen) atoms. The van der Waals surface area contributed by atoms with Crippen LogP contribution in [0.1, 0.15) is 17.4 Å². The average molecular weight is 286 g/mol. The van der Waals surface area contributed by atoms with Crippen LogP contribution in [0, 0.1) is 0 Å². The van der Waals surface area contributed by atoms with Crippen LogP contribution in [0.4, 0.5) is 0 Å². The van der Waals surface area contributed by atoms with Crippen molar-refractivity contribution in [2.24, 2.45) is 0 Å². The molecule has 1 amide bonds. The maximum Gasteiger partial charge on any atom is 0.278 e. The Morgan fingerprint density at radius 3 is 2.86 bits per heavy atom. The van der Waals surface area contributed by atoms with Gasteiger partial charge in [-0.05, 0) is 19.1 Å². The predicted molar refractivity (Wildman–Crippen MR) is 78.6 cm³/mol. The van der Waals surface area contributed by atoms with Gasteiger partial charge >= 0.3 is 0 Å². The van der Waals surface area contributed by atoms with E-state index in [1.165, 1.54) is 10.9 Å². The van der Waals surface area contributed by atoms with E-state index in [-0.39, 0.29) is 23.4 Å². The molecule has 1 aromatic carbocycles. The van der Waals surface area contributed by atoms with Crippen LogP contribution in [-0.4, -0.2) is 51.4 Å². The third-order valence-electron chi connectivity index (χ3n) is 3.68. The molecular weight excluding hydrogens is 268 g/mol.